The summed E-state index contributed by atoms with van der Waals surface area (Å²) in [7, 11) is 0. The molecule has 6 heteroatoms. The number of rotatable bonds is 0. The summed E-state index contributed by atoms with van der Waals surface area (Å²) in [5.41, 5.74) is 1.09. The van der Waals surface area contributed by atoms with Crippen LogP contribution in [0.2, 0.25) is 0 Å². The van der Waals surface area contributed by atoms with Crippen molar-refractivity contribution in [3.05, 3.63) is 10.0 Å². The molecule has 0 aromatic carbocycles. The Morgan fingerprint density at radius 3 is 1.25 bits per heavy atom. The standard InChI is InChI=1S/C2HCl3.2ClH.Ta/c3-1-2(4)5;;;/h1H;2*1H;/q;;;+2/p-2. The van der Waals surface area contributed by atoms with Gasteiger partial charge in [0.25, 0.3) is 0 Å². The summed E-state index contributed by atoms with van der Waals surface area (Å²) in [6, 6.07) is 0. The Balaban J connectivity index is -0.0000000267. The van der Waals surface area contributed by atoms with Gasteiger partial charge in [0.2, 0.25) is 0 Å². The second-order valence-corrected chi connectivity index (χ2v) is 1.62. The molecule has 0 aromatic heterocycles. The third-order valence-corrected chi connectivity index (χ3v) is 0.742. The predicted octanol–water partition coefficient (Wildman–Crippen LogP) is -3.49. The van der Waals surface area contributed by atoms with Crippen molar-refractivity contribution in [1.29, 1.82) is 0 Å². The van der Waals surface area contributed by atoms with E-state index >= 15 is 0 Å². The molecule has 0 nitrogen and oxygen atoms in total. The summed E-state index contributed by atoms with van der Waals surface area (Å²) in [6.07, 6.45) is 0. The molecule has 1 radical (unpaired) electrons. The van der Waals surface area contributed by atoms with Crippen LogP contribution in [0, 0.1) is 0 Å². The maximum Gasteiger partial charge on any atom is 2.00 e. The molecule has 0 aliphatic heterocycles. The normalized spacial score (nSPS) is 4.38. The molecule has 0 heterocycles. The SMILES string of the molecule is ClC=C(Cl)Cl.[Cl-].[Cl-].[Ta+2]. The van der Waals surface area contributed by atoms with E-state index in [2.05, 4.69) is 0 Å². The fourth-order valence-electron chi connectivity index (χ4n) is 0. The van der Waals surface area contributed by atoms with Crippen molar-refractivity contribution < 1.29 is 47.2 Å². The first-order valence-corrected chi connectivity index (χ1v) is 2.08. The van der Waals surface area contributed by atoms with Gasteiger partial charge in [-0.25, -0.2) is 0 Å². The minimum atomic E-state index is 0. The van der Waals surface area contributed by atoms with E-state index in [4.69, 9.17) is 34.8 Å². The Hall–Kier alpha value is 1.93. The van der Waals surface area contributed by atoms with Crippen LogP contribution < -0.4 is 24.8 Å². The minimum Gasteiger partial charge on any atom is -1.00 e. The first kappa shape index (κ1) is 22.5. The molecule has 0 saturated heterocycles. The third kappa shape index (κ3) is 24.7. The molecule has 0 aromatic rings. The van der Waals surface area contributed by atoms with Gasteiger partial charge in [-0.15, -0.1) is 0 Å². The summed E-state index contributed by atoms with van der Waals surface area (Å²) >= 11 is 14.8. The maximum absolute atomic E-state index is 4.96. The smallest absolute Gasteiger partial charge is 1.00 e. The van der Waals surface area contributed by atoms with Crippen LogP contribution in [0.5, 0.6) is 0 Å². The van der Waals surface area contributed by atoms with Crippen molar-refractivity contribution in [2.45, 2.75) is 0 Å². The van der Waals surface area contributed by atoms with Crippen LogP contribution in [-0.4, -0.2) is 0 Å². The van der Waals surface area contributed by atoms with Crippen molar-refractivity contribution in [3.8, 4) is 0 Å². The van der Waals surface area contributed by atoms with E-state index in [9.17, 15) is 0 Å². The van der Waals surface area contributed by atoms with Crippen LogP contribution in [-0.2, 0) is 22.4 Å². The Morgan fingerprint density at radius 1 is 1.12 bits per heavy atom. The zero-order valence-electron chi connectivity index (χ0n) is 3.41. The van der Waals surface area contributed by atoms with Crippen molar-refractivity contribution >= 4 is 34.8 Å². The Kier molecular flexibility index (Phi) is 45.0. The second kappa shape index (κ2) is 16.0. The van der Waals surface area contributed by atoms with E-state index in [1.807, 2.05) is 0 Å². The summed E-state index contributed by atoms with van der Waals surface area (Å²) in [5, 5.41) is 0. The zero-order chi connectivity index (χ0) is 4.28. The first-order valence-electron chi connectivity index (χ1n) is 0.885. The van der Waals surface area contributed by atoms with Gasteiger partial charge in [-0.3, -0.25) is 0 Å². The average Bonchev–Trinajstić information content (AvgIpc) is 1.38. The van der Waals surface area contributed by atoms with Crippen molar-refractivity contribution in [2.24, 2.45) is 0 Å². The zero-order valence-corrected chi connectivity index (χ0v) is 10.4. The quantitative estimate of drug-likeness (QED) is 0.408. The molecule has 0 unspecified atom stereocenters. The largest absolute Gasteiger partial charge is 2.00 e. The van der Waals surface area contributed by atoms with Crippen LogP contribution in [0.1, 0.15) is 0 Å². The van der Waals surface area contributed by atoms with E-state index in [0.29, 0.717) is 0 Å². The molecule has 0 saturated carbocycles. The van der Waals surface area contributed by atoms with Gasteiger partial charge in [0, 0.05) is 5.54 Å². The fraction of sp³-hybridized carbons (Fsp3) is 0. The molecular formula is C2HCl5Ta. The molecule has 0 spiro atoms. The Morgan fingerprint density at radius 2 is 1.25 bits per heavy atom. The summed E-state index contributed by atoms with van der Waals surface area (Å²) in [5.74, 6) is 0. The maximum atomic E-state index is 4.96. The van der Waals surface area contributed by atoms with Gasteiger partial charge in [-0.05, 0) is 0 Å². The average molecular weight is 383 g/mol. The molecule has 0 N–H and O–H groups in total. The van der Waals surface area contributed by atoms with Gasteiger partial charge in [-0.2, -0.15) is 0 Å². The minimum absolute atomic E-state index is 0. The molecule has 49 valence electrons. The van der Waals surface area contributed by atoms with Gasteiger partial charge in [0.15, 0.2) is 0 Å². The van der Waals surface area contributed by atoms with Crippen LogP contribution in [0.15, 0.2) is 10.0 Å². The predicted molar refractivity (Wildman–Crippen MR) is 25.6 cm³/mol. The van der Waals surface area contributed by atoms with Gasteiger partial charge < -0.3 is 24.8 Å². The Labute approximate surface area is 91.3 Å². The molecular weight excluding hydrogens is 382 g/mol. The Bertz CT molecular complexity index is 48.4. The van der Waals surface area contributed by atoms with E-state index in [1.54, 1.807) is 0 Å². The van der Waals surface area contributed by atoms with E-state index in [-0.39, 0.29) is 51.7 Å². The van der Waals surface area contributed by atoms with E-state index in [0.717, 1.165) is 5.54 Å². The molecule has 0 atom stereocenters. The van der Waals surface area contributed by atoms with E-state index < -0.39 is 0 Å². The van der Waals surface area contributed by atoms with Crippen molar-refractivity contribution in [2.75, 3.05) is 0 Å². The van der Waals surface area contributed by atoms with Crippen LogP contribution >= 0.6 is 34.8 Å². The van der Waals surface area contributed by atoms with Gasteiger partial charge in [-0.1, -0.05) is 34.8 Å². The molecule has 0 fully saturated rings. The fourth-order valence-corrected chi connectivity index (χ4v) is 0. The van der Waals surface area contributed by atoms with E-state index in [1.165, 1.54) is 0 Å². The van der Waals surface area contributed by atoms with Crippen LogP contribution in [0.25, 0.3) is 0 Å². The molecule has 8 heavy (non-hydrogen) atoms. The topological polar surface area (TPSA) is 0 Å². The van der Waals surface area contributed by atoms with Gasteiger partial charge in [0.1, 0.15) is 4.49 Å². The van der Waals surface area contributed by atoms with Crippen molar-refractivity contribution in [1.82, 2.24) is 0 Å². The molecule has 0 bridgehead atoms. The summed E-state index contributed by atoms with van der Waals surface area (Å²) in [6.45, 7) is 0. The van der Waals surface area contributed by atoms with Gasteiger partial charge in [0.05, 0.1) is 0 Å². The van der Waals surface area contributed by atoms with Gasteiger partial charge >= 0.3 is 22.4 Å². The molecule has 0 amide bonds. The second-order valence-electron chi connectivity index (χ2n) is 0.399. The number of hydrogen-bond acceptors (Lipinski definition) is 0. The van der Waals surface area contributed by atoms with Crippen LogP contribution in [0.3, 0.4) is 0 Å². The molecule has 0 aliphatic carbocycles. The first-order chi connectivity index (χ1) is 2.27. The monoisotopic (exact) mass is 381 g/mol. The third-order valence-electron chi connectivity index (χ3n) is 0.0825. The number of halogens is 5. The van der Waals surface area contributed by atoms with Crippen LogP contribution in [0.4, 0.5) is 0 Å². The van der Waals surface area contributed by atoms with Crippen molar-refractivity contribution in [3.63, 3.8) is 0 Å². The molecule has 0 aliphatic rings. The summed E-state index contributed by atoms with van der Waals surface area (Å²) < 4.78 is 0.0895. The molecule has 0 rings (SSSR count). The number of hydrogen-bond donors (Lipinski definition) is 0. The summed E-state index contributed by atoms with van der Waals surface area (Å²) in [4.78, 5) is 0.